The Bertz CT molecular complexity index is 897. The summed E-state index contributed by atoms with van der Waals surface area (Å²) in [5.41, 5.74) is 1.67. The molecule has 0 spiro atoms. The molecule has 0 unspecified atom stereocenters. The van der Waals surface area contributed by atoms with Gasteiger partial charge in [-0.2, -0.15) is 0 Å². The maximum atomic E-state index is 12.7. The lowest BCUT2D eigenvalue weighted by molar-refractivity contribution is -0.274. The van der Waals surface area contributed by atoms with Crippen molar-refractivity contribution in [2.45, 2.75) is 39.0 Å². The van der Waals surface area contributed by atoms with Crippen molar-refractivity contribution >= 4 is 17.4 Å². The monoisotopic (exact) mass is 437 g/mol. The number of hydrogen-bond acceptors (Lipinski definition) is 5. The average Bonchev–Trinajstić information content (AvgIpc) is 2.71. The molecule has 0 atom stereocenters. The SMILES string of the molecule is CC(C)c1cc(Nc2cccc(OC(F)(F)F)c2)ncc1C(=O)NCC1CCOCC1. The zero-order valence-corrected chi connectivity index (χ0v) is 17.5. The Kier molecular flexibility index (Phi) is 7.37. The fourth-order valence-electron chi connectivity index (χ4n) is 3.41. The highest BCUT2D eigenvalue weighted by Gasteiger charge is 2.31. The van der Waals surface area contributed by atoms with Gasteiger partial charge in [-0.3, -0.25) is 4.79 Å². The molecule has 0 saturated carbocycles. The van der Waals surface area contributed by atoms with Crippen LogP contribution in [0, 0.1) is 5.92 Å². The van der Waals surface area contributed by atoms with Crippen LogP contribution in [0.1, 0.15) is 48.5 Å². The van der Waals surface area contributed by atoms with Crippen molar-refractivity contribution in [1.29, 1.82) is 0 Å². The quantitative estimate of drug-likeness (QED) is 0.638. The van der Waals surface area contributed by atoms with Gasteiger partial charge in [-0.25, -0.2) is 4.98 Å². The Hall–Kier alpha value is -2.81. The van der Waals surface area contributed by atoms with Crippen LogP contribution < -0.4 is 15.4 Å². The van der Waals surface area contributed by atoms with Gasteiger partial charge >= 0.3 is 6.36 Å². The van der Waals surface area contributed by atoms with E-state index in [0.717, 1.165) is 31.6 Å². The van der Waals surface area contributed by atoms with Crippen molar-refractivity contribution in [3.63, 3.8) is 0 Å². The molecule has 9 heteroatoms. The Labute approximate surface area is 179 Å². The molecule has 1 fully saturated rings. The molecule has 0 radical (unpaired) electrons. The zero-order chi connectivity index (χ0) is 22.4. The normalized spacial score (nSPS) is 15.0. The summed E-state index contributed by atoms with van der Waals surface area (Å²) >= 11 is 0. The first-order valence-corrected chi connectivity index (χ1v) is 10.2. The van der Waals surface area contributed by atoms with E-state index in [1.807, 2.05) is 13.8 Å². The van der Waals surface area contributed by atoms with E-state index >= 15 is 0 Å². The molecule has 3 rings (SSSR count). The molecule has 1 aromatic heterocycles. The number of nitrogens with zero attached hydrogens (tertiary/aromatic N) is 1. The van der Waals surface area contributed by atoms with Gasteiger partial charge in [-0.15, -0.1) is 13.2 Å². The molecule has 31 heavy (non-hydrogen) atoms. The highest BCUT2D eigenvalue weighted by molar-refractivity contribution is 5.95. The van der Waals surface area contributed by atoms with Crippen LogP contribution in [-0.4, -0.2) is 37.0 Å². The smallest absolute Gasteiger partial charge is 0.406 e. The number of rotatable bonds is 7. The Morgan fingerprint density at radius 1 is 1.26 bits per heavy atom. The molecule has 1 aliphatic heterocycles. The summed E-state index contributed by atoms with van der Waals surface area (Å²) in [6.45, 7) is 5.95. The standard InChI is InChI=1S/C22H26F3N3O3/c1-14(2)18-11-20(28-16-4-3-5-17(10-16)31-22(23,24)25)26-13-19(18)21(29)27-12-15-6-8-30-9-7-15/h3-5,10-11,13-15H,6-9,12H2,1-2H3,(H,26,28)(H,27,29). The third-order valence-electron chi connectivity index (χ3n) is 5.03. The van der Waals surface area contributed by atoms with Crippen molar-refractivity contribution in [2.75, 3.05) is 25.1 Å². The fraction of sp³-hybridized carbons (Fsp3) is 0.455. The molecule has 6 nitrogen and oxygen atoms in total. The Morgan fingerprint density at radius 3 is 2.68 bits per heavy atom. The summed E-state index contributed by atoms with van der Waals surface area (Å²) in [5, 5.41) is 5.96. The number of benzene rings is 1. The second-order valence-corrected chi connectivity index (χ2v) is 7.78. The number of halogens is 3. The van der Waals surface area contributed by atoms with Crippen molar-refractivity contribution in [3.05, 3.63) is 47.7 Å². The van der Waals surface area contributed by atoms with E-state index in [1.54, 1.807) is 12.1 Å². The van der Waals surface area contributed by atoms with E-state index in [2.05, 4.69) is 20.4 Å². The lowest BCUT2D eigenvalue weighted by atomic mass is 9.97. The lowest BCUT2D eigenvalue weighted by Gasteiger charge is -2.22. The minimum Gasteiger partial charge on any atom is -0.406 e. The number of anilines is 2. The highest BCUT2D eigenvalue weighted by atomic mass is 19.4. The molecular weight excluding hydrogens is 411 g/mol. The van der Waals surface area contributed by atoms with Crippen LogP contribution in [-0.2, 0) is 4.74 Å². The van der Waals surface area contributed by atoms with Gasteiger partial charge in [0.1, 0.15) is 11.6 Å². The largest absolute Gasteiger partial charge is 0.573 e. The number of amides is 1. The van der Waals surface area contributed by atoms with Crippen LogP contribution in [0.15, 0.2) is 36.5 Å². The fourth-order valence-corrected chi connectivity index (χ4v) is 3.41. The number of alkyl halides is 3. The van der Waals surface area contributed by atoms with Gasteiger partial charge in [0, 0.05) is 37.7 Å². The van der Waals surface area contributed by atoms with Crippen LogP contribution in [0.3, 0.4) is 0 Å². The van der Waals surface area contributed by atoms with Crippen LogP contribution in [0.5, 0.6) is 5.75 Å². The summed E-state index contributed by atoms with van der Waals surface area (Å²) in [4.78, 5) is 17.0. The molecule has 1 aliphatic rings. The minimum absolute atomic E-state index is 0.0484. The van der Waals surface area contributed by atoms with E-state index < -0.39 is 6.36 Å². The molecule has 0 bridgehead atoms. The second-order valence-electron chi connectivity index (χ2n) is 7.78. The second kappa shape index (κ2) is 10.00. The summed E-state index contributed by atoms with van der Waals surface area (Å²) in [7, 11) is 0. The van der Waals surface area contributed by atoms with Gasteiger partial charge in [-0.05, 0) is 48.4 Å². The predicted octanol–water partition coefficient (Wildman–Crippen LogP) is 5.00. The van der Waals surface area contributed by atoms with Gasteiger partial charge in [0.2, 0.25) is 0 Å². The number of carbonyl (C=O) groups is 1. The van der Waals surface area contributed by atoms with Gasteiger partial charge in [0.25, 0.3) is 5.91 Å². The maximum Gasteiger partial charge on any atom is 0.573 e. The third-order valence-corrected chi connectivity index (χ3v) is 5.03. The summed E-state index contributed by atoms with van der Waals surface area (Å²) in [5.74, 6) is 0.363. The summed E-state index contributed by atoms with van der Waals surface area (Å²) < 4.78 is 46.6. The Balaban J connectivity index is 1.71. The summed E-state index contributed by atoms with van der Waals surface area (Å²) in [6.07, 6.45) is -1.42. The van der Waals surface area contributed by atoms with Crippen molar-refractivity contribution in [3.8, 4) is 5.75 Å². The number of aromatic nitrogens is 1. The maximum absolute atomic E-state index is 12.7. The van der Waals surface area contributed by atoms with Gasteiger partial charge < -0.3 is 20.1 Å². The van der Waals surface area contributed by atoms with E-state index in [-0.39, 0.29) is 17.6 Å². The van der Waals surface area contributed by atoms with Crippen LogP contribution >= 0.6 is 0 Å². The van der Waals surface area contributed by atoms with E-state index in [9.17, 15) is 18.0 Å². The van der Waals surface area contributed by atoms with Crippen molar-refractivity contribution < 1.29 is 27.4 Å². The van der Waals surface area contributed by atoms with Gasteiger partial charge in [-0.1, -0.05) is 19.9 Å². The van der Waals surface area contributed by atoms with Crippen molar-refractivity contribution in [2.24, 2.45) is 5.92 Å². The van der Waals surface area contributed by atoms with Gasteiger partial charge in [0.05, 0.1) is 5.56 Å². The molecule has 1 saturated heterocycles. The van der Waals surface area contributed by atoms with Gasteiger partial charge in [0.15, 0.2) is 0 Å². The lowest BCUT2D eigenvalue weighted by Crippen LogP contribution is -2.32. The van der Waals surface area contributed by atoms with Crippen LogP contribution in [0.25, 0.3) is 0 Å². The number of carbonyl (C=O) groups excluding carboxylic acids is 1. The first-order chi connectivity index (χ1) is 14.7. The number of ether oxygens (including phenoxy) is 2. The van der Waals surface area contributed by atoms with Crippen molar-refractivity contribution in [1.82, 2.24) is 10.3 Å². The molecule has 1 amide bonds. The molecular formula is C22H26F3N3O3. The third kappa shape index (κ3) is 6.85. The highest BCUT2D eigenvalue weighted by Crippen LogP contribution is 2.28. The topological polar surface area (TPSA) is 72.5 Å². The minimum atomic E-state index is -4.76. The molecule has 2 heterocycles. The predicted molar refractivity (Wildman–Crippen MR) is 111 cm³/mol. The Morgan fingerprint density at radius 2 is 2.00 bits per heavy atom. The zero-order valence-electron chi connectivity index (χ0n) is 17.5. The number of hydrogen-bond donors (Lipinski definition) is 2. The van der Waals surface area contributed by atoms with E-state index in [1.165, 1.54) is 24.4 Å². The molecule has 2 N–H and O–H groups in total. The van der Waals surface area contributed by atoms with E-state index in [4.69, 9.17) is 4.74 Å². The summed E-state index contributed by atoms with van der Waals surface area (Å²) in [6, 6.07) is 7.25. The first kappa shape index (κ1) is 22.9. The molecule has 168 valence electrons. The average molecular weight is 437 g/mol. The number of nitrogens with one attached hydrogen (secondary N) is 2. The molecule has 0 aliphatic carbocycles. The van der Waals surface area contributed by atoms with Crippen LogP contribution in [0.4, 0.5) is 24.7 Å². The molecule has 1 aromatic carbocycles. The van der Waals surface area contributed by atoms with E-state index in [0.29, 0.717) is 29.5 Å². The molecule has 2 aromatic rings. The van der Waals surface area contributed by atoms with Crippen LogP contribution in [0.2, 0.25) is 0 Å². The first-order valence-electron chi connectivity index (χ1n) is 10.2. The number of pyridine rings is 1.